The van der Waals surface area contributed by atoms with Gasteiger partial charge in [0.2, 0.25) is 11.8 Å². The van der Waals surface area contributed by atoms with Gasteiger partial charge in [-0.3, -0.25) is 9.59 Å². The largest absolute Gasteiger partial charge is 0.351 e. The average molecular weight is 297 g/mol. The van der Waals surface area contributed by atoms with Crippen molar-refractivity contribution in [3.8, 4) is 0 Å². The molecular formula is C13H17ClN4O2. The number of amides is 2. The maximum atomic E-state index is 12.1. The summed E-state index contributed by atoms with van der Waals surface area (Å²) in [7, 11) is 0. The van der Waals surface area contributed by atoms with E-state index in [0.29, 0.717) is 23.7 Å². The second-order valence-corrected chi connectivity index (χ2v) is 5.10. The van der Waals surface area contributed by atoms with Gasteiger partial charge in [-0.15, -0.1) is 0 Å². The van der Waals surface area contributed by atoms with Gasteiger partial charge in [-0.2, -0.15) is 0 Å². The van der Waals surface area contributed by atoms with Crippen molar-refractivity contribution >= 4 is 29.1 Å². The van der Waals surface area contributed by atoms with E-state index in [2.05, 4.69) is 16.0 Å². The van der Waals surface area contributed by atoms with Crippen molar-refractivity contribution in [3.63, 3.8) is 0 Å². The van der Waals surface area contributed by atoms with Crippen molar-refractivity contribution < 1.29 is 9.59 Å². The summed E-state index contributed by atoms with van der Waals surface area (Å²) in [5.74, 6) is -0.340. The SMILES string of the molecule is NCC(=O)N[C@H]1CN[C@H](C(=O)Nc2ccc(Cl)cc2)C1. The standard InChI is InChI=1S/C13H17ClN4O2/c14-8-1-3-9(4-2-8)18-13(20)11-5-10(7-16-11)17-12(19)6-15/h1-4,10-11,16H,5-7,15H2,(H,17,19)(H,18,20)/t10-,11+/m1/s1. The fourth-order valence-corrected chi connectivity index (χ4v) is 2.22. The first kappa shape index (κ1) is 14.8. The lowest BCUT2D eigenvalue weighted by molar-refractivity contribution is -0.121. The monoisotopic (exact) mass is 296 g/mol. The smallest absolute Gasteiger partial charge is 0.241 e. The number of hydrogen-bond acceptors (Lipinski definition) is 4. The first-order valence-corrected chi connectivity index (χ1v) is 6.75. The third kappa shape index (κ3) is 3.93. The molecule has 0 aliphatic carbocycles. The van der Waals surface area contributed by atoms with Crippen LogP contribution in [0.4, 0.5) is 5.69 Å². The van der Waals surface area contributed by atoms with E-state index in [1.54, 1.807) is 24.3 Å². The average Bonchev–Trinajstić information content (AvgIpc) is 2.89. The maximum Gasteiger partial charge on any atom is 0.241 e. The van der Waals surface area contributed by atoms with Crippen LogP contribution in [0.3, 0.4) is 0 Å². The van der Waals surface area contributed by atoms with Crippen LogP contribution in [0, 0.1) is 0 Å². The Labute approximate surface area is 122 Å². The van der Waals surface area contributed by atoms with Crippen LogP contribution in [-0.2, 0) is 9.59 Å². The molecule has 0 aromatic heterocycles. The first-order valence-electron chi connectivity index (χ1n) is 6.37. The molecule has 0 unspecified atom stereocenters. The number of nitrogens with one attached hydrogen (secondary N) is 3. The van der Waals surface area contributed by atoms with Gasteiger partial charge in [0.1, 0.15) is 0 Å². The molecule has 2 atom stereocenters. The minimum Gasteiger partial charge on any atom is -0.351 e. The van der Waals surface area contributed by atoms with Crippen molar-refractivity contribution in [3.05, 3.63) is 29.3 Å². The van der Waals surface area contributed by atoms with E-state index in [1.165, 1.54) is 0 Å². The van der Waals surface area contributed by atoms with E-state index in [9.17, 15) is 9.59 Å². The van der Waals surface area contributed by atoms with E-state index in [1.807, 2.05) is 0 Å². The highest BCUT2D eigenvalue weighted by Gasteiger charge is 2.30. The topological polar surface area (TPSA) is 96.2 Å². The summed E-state index contributed by atoms with van der Waals surface area (Å²) in [6.45, 7) is 0.516. The van der Waals surface area contributed by atoms with Crippen LogP contribution in [-0.4, -0.2) is 37.0 Å². The molecule has 0 bridgehead atoms. The van der Waals surface area contributed by atoms with Gasteiger partial charge in [0.15, 0.2) is 0 Å². The van der Waals surface area contributed by atoms with Crippen molar-refractivity contribution in [2.24, 2.45) is 5.73 Å². The number of benzene rings is 1. The number of halogens is 1. The zero-order chi connectivity index (χ0) is 14.5. The van der Waals surface area contributed by atoms with Crippen LogP contribution < -0.4 is 21.7 Å². The molecule has 1 aromatic rings. The maximum absolute atomic E-state index is 12.1. The molecule has 6 nitrogen and oxygen atoms in total. The van der Waals surface area contributed by atoms with E-state index in [0.717, 1.165) is 0 Å². The molecule has 1 aliphatic heterocycles. The van der Waals surface area contributed by atoms with Gasteiger partial charge in [-0.1, -0.05) is 11.6 Å². The highest BCUT2D eigenvalue weighted by atomic mass is 35.5. The van der Waals surface area contributed by atoms with Gasteiger partial charge in [0, 0.05) is 23.3 Å². The van der Waals surface area contributed by atoms with E-state index < -0.39 is 0 Å². The summed E-state index contributed by atoms with van der Waals surface area (Å²) >= 11 is 5.78. The van der Waals surface area contributed by atoms with Gasteiger partial charge in [-0.25, -0.2) is 0 Å². The Morgan fingerprint density at radius 1 is 1.35 bits per heavy atom. The molecule has 108 valence electrons. The van der Waals surface area contributed by atoms with Gasteiger partial charge in [0.05, 0.1) is 12.6 Å². The molecule has 1 saturated heterocycles. The third-order valence-corrected chi connectivity index (χ3v) is 3.36. The van der Waals surface area contributed by atoms with E-state index >= 15 is 0 Å². The molecule has 0 spiro atoms. The zero-order valence-electron chi connectivity index (χ0n) is 10.9. The molecule has 5 N–H and O–H groups in total. The number of rotatable bonds is 4. The predicted molar refractivity (Wildman–Crippen MR) is 77.5 cm³/mol. The Hall–Kier alpha value is -1.63. The Balaban J connectivity index is 1.85. The Kier molecular flexibility index (Phi) is 4.94. The normalized spacial score (nSPS) is 21.5. The predicted octanol–water partition coefficient (Wildman–Crippen LogP) is 0.0839. The lowest BCUT2D eigenvalue weighted by atomic mass is 10.1. The number of anilines is 1. The molecular weight excluding hydrogens is 280 g/mol. The van der Waals surface area contributed by atoms with Crippen LogP contribution in [0.2, 0.25) is 5.02 Å². The minimum absolute atomic E-state index is 0.0435. The quantitative estimate of drug-likeness (QED) is 0.633. The number of nitrogens with two attached hydrogens (primary N) is 1. The summed E-state index contributed by atoms with van der Waals surface area (Å²) in [5, 5.41) is 9.25. The fourth-order valence-electron chi connectivity index (χ4n) is 2.09. The van der Waals surface area contributed by atoms with Crippen LogP contribution in [0.25, 0.3) is 0 Å². The van der Waals surface area contributed by atoms with Crippen LogP contribution >= 0.6 is 11.6 Å². The third-order valence-electron chi connectivity index (χ3n) is 3.11. The Morgan fingerprint density at radius 2 is 2.05 bits per heavy atom. The molecule has 20 heavy (non-hydrogen) atoms. The minimum atomic E-state index is -0.325. The Morgan fingerprint density at radius 3 is 2.70 bits per heavy atom. The van der Waals surface area contributed by atoms with Crippen LogP contribution in [0.1, 0.15) is 6.42 Å². The summed E-state index contributed by atoms with van der Waals surface area (Å²) in [6.07, 6.45) is 0.547. The van der Waals surface area contributed by atoms with Crippen molar-refractivity contribution in [2.75, 3.05) is 18.4 Å². The number of carbonyl (C=O) groups is 2. The molecule has 2 amide bonds. The fraction of sp³-hybridized carbons (Fsp3) is 0.385. The summed E-state index contributed by atoms with van der Waals surface area (Å²) in [6, 6.07) is 6.51. The van der Waals surface area contributed by atoms with Gasteiger partial charge < -0.3 is 21.7 Å². The molecule has 1 aromatic carbocycles. The highest BCUT2D eigenvalue weighted by Crippen LogP contribution is 2.15. The van der Waals surface area contributed by atoms with E-state index in [-0.39, 0.29) is 30.4 Å². The van der Waals surface area contributed by atoms with Crippen molar-refractivity contribution in [1.29, 1.82) is 0 Å². The second kappa shape index (κ2) is 6.69. The molecule has 1 aliphatic rings. The summed E-state index contributed by atoms with van der Waals surface area (Å²) < 4.78 is 0. The van der Waals surface area contributed by atoms with Crippen LogP contribution in [0.15, 0.2) is 24.3 Å². The van der Waals surface area contributed by atoms with Gasteiger partial charge in [-0.05, 0) is 30.7 Å². The van der Waals surface area contributed by atoms with Gasteiger partial charge >= 0.3 is 0 Å². The first-order chi connectivity index (χ1) is 9.58. The Bertz CT molecular complexity index is 492. The number of hydrogen-bond donors (Lipinski definition) is 4. The highest BCUT2D eigenvalue weighted by molar-refractivity contribution is 6.30. The van der Waals surface area contributed by atoms with Crippen molar-refractivity contribution in [1.82, 2.24) is 10.6 Å². The molecule has 0 radical (unpaired) electrons. The van der Waals surface area contributed by atoms with Crippen molar-refractivity contribution in [2.45, 2.75) is 18.5 Å². The molecule has 1 fully saturated rings. The lowest BCUT2D eigenvalue weighted by Gasteiger charge is -2.12. The molecule has 7 heteroatoms. The second-order valence-electron chi connectivity index (χ2n) is 4.66. The lowest BCUT2D eigenvalue weighted by Crippen LogP contribution is -2.39. The zero-order valence-corrected chi connectivity index (χ0v) is 11.6. The summed E-state index contributed by atoms with van der Waals surface area (Å²) in [5.41, 5.74) is 5.93. The van der Waals surface area contributed by atoms with Crippen LogP contribution in [0.5, 0.6) is 0 Å². The molecule has 0 saturated carbocycles. The summed E-state index contributed by atoms with van der Waals surface area (Å²) in [4.78, 5) is 23.2. The number of carbonyl (C=O) groups excluding carboxylic acids is 2. The van der Waals surface area contributed by atoms with Gasteiger partial charge in [0.25, 0.3) is 0 Å². The molecule has 2 rings (SSSR count). The van der Waals surface area contributed by atoms with E-state index in [4.69, 9.17) is 17.3 Å². The molecule has 1 heterocycles.